The van der Waals surface area contributed by atoms with E-state index >= 15 is 0 Å². The Balaban J connectivity index is 1.93. The van der Waals surface area contributed by atoms with E-state index in [1.54, 1.807) is 12.1 Å². The number of benzene rings is 1. The fourth-order valence-electron chi connectivity index (χ4n) is 1.67. The summed E-state index contributed by atoms with van der Waals surface area (Å²) in [4.78, 5) is 10.6. The third-order valence-corrected chi connectivity index (χ3v) is 3.07. The highest BCUT2D eigenvalue weighted by atomic mass is 32.1. The highest BCUT2D eigenvalue weighted by molar-refractivity contribution is 7.03. The van der Waals surface area contributed by atoms with Crippen molar-refractivity contribution in [1.82, 2.24) is 9.59 Å². The van der Waals surface area contributed by atoms with Gasteiger partial charge in [0, 0.05) is 16.5 Å². The summed E-state index contributed by atoms with van der Waals surface area (Å²) in [7, 11) is 0. The van der Waals surface area contributed by atoms with Crippen molar-refractivity contribution in [3.63, 3.8) is 0 Å². The Bertz CT molecular complexity index is 657. The lowest BCUT2D eigenvalue weighted by Crippen LogP contribution is -1.79. The zero-order valence-electron chi connectivity index (χ0n) is 9.24. The van der Waals surface area contributed by atoms with Crippen molar-refractivity contribution >= 4 is 17.8 Å². The molecule has 0 aliphatic heterocycles. The van der Waals surface area contributed by atoms with Gasteiger partial charge in [-0.2, -0.15) is 0 Å². The maximum Gasteiger partial charge on any atom is 0.185 e. The van der Waals surface area contributed by atoms with Crippen LogP contribution < -0.4 is 0 Å². The van der Waals surface area contributed by atoms with E-state index in [-0.39, 0.29) is 0 Å². The Labute approximate surface area is 107 Å². The average Bonchev–Trinajstić information content (AvgIpc) is 3.10. The van der Waals surface area contributed by atoms with Crippen molar-refractivity contribution in [2.75, 3.05) is 0 Å². The van der Waals surface area contributed by atoms with Crippen LogP contribution in [0.1, 0.15) is 10.6 Å². The molecule has 0 fully saturated rings. The second kappa shape index (κ2) is 4.54. The molecule has 0 saturated heterocycles. The van der Waals surface area contributed by atoms with E-state index in [4.69, 9.17) is 4.42 Å². The van der Waals surface area contributed by atoms with Crippen LogP contribution in [0.15, 0.2) is 46.2 Å². The molecule has 18 heavy (non-hydrogen) atoms. The Morgan fingerprint density at radius 1 is 1.06 bits per heavy atom. The lowest BCUT2D eigenvalue weighted by Gasteiger charge is -1.99. The molecule has 0 N–H and O–H groups in total. The van der Waals surface area contributed by atoms with Crippen molar-refractivity contribution in [3.8, 4) is 22.6 Å². The van der Waals surface area contributed by atoms with Gasteiger partial charge in [0.15, 0.2) is 12.0 Å². The summed E-state index contributed by atoms with van der Waals surface area (Å²) in [6.45, 7) is 0. The van der Waals surface area contributed by atoms with Crippen molar-refractivity contribution < 1.29 is 9.21 Å². The summed E-state index contributed by atoms with van der Waals surface area (Å²) in [5, 5.41) is 5.90. The molecular weight excluding hydrogens is 248 g/mol. The minimum absolute atomic E-state index is 0.331. The summed E-state index contributed by atoms with van der Waals surface area (Å²) < 4.78 is 9.18. The van der Waals surface area contributed by atoms with Crippen LogP contribution in [0.5, 0.6) is 0 Å². The lowest BCUT2D eigenvalue weighted by molar-refractivity contribution is 0.110. The first-order valence-corrected chi connectivity index (χ1v) is 6.13. The minimum atomic E-state index is 0.331. The number of hydrogen-bond acceptors (Lipinski definition) is 5. The molecule has 3 rings (SSSR count). The second-order valence-electron chi connectivity index (χ2n) is 3.69. The Kier molecular flexibility index (Phi) is 2.74. The molecule has 0 aliphatic carbocycles. The predicted octanol–water partition coefficient (Wildman–Crippen LogP) is 3.28. The topological polar surface area (TPSA) is 56.0 Å². The summed E-state index contributed by atoms with van der Waals surface area (Å²) >= 11 is 1.32. The molecule has 0 radical (unpaired) electrons. The third-order valence-electron chi connectivity index (χ3n) is 2.57. The second-order valence-corrected chi connectivity index (χ2v) is 4.30. The third kappa shape index (κ3) is 1.96. The fourth-order valence-corrected chi connectivity index (χ4v) is 2.13. The average molecular weight is 256 g/mol. The van der Waals surface area contributed by atoms with Gasteiger partial charge in [-0.15, -0.1) is 5.10 Å². The van der Waals surface area contributed by atoms with Gasteiger partial charge in [0.05, 0.1) is 0 Å². The predicted molar refractivity (Wildman–Crippen MR) is 68.4 cm³/mol. The first kappa shape index (κ1) is 10.9. The molecule has 2 heterocycles. The normalized spacial score (nSPS) is 10.4. The van der Waals surface area contributed by atoms with Gasteiger partial charge in [-0.1, -0.05) is 28.8 Å². The van der Waals surface area contributed by atoms with E-state index in [0.29, 0.717) is 17.8 Å². The number of carbonyl (C=O) groups is 1. The number of carbonyl (C=O) groups excluding carboxylic acids is 1. The van der Waals surface area contributed by atoms with Crippen molar-refractivity contribution in [2.45, 2.75) is 0 Å². The molecule has 0 bridgehead atoms. The van der Waals surface area contributed by atoms with E-state index in [2.05, 4.69) is 9.59 Å². The van der Waals surface area contributed by atoms with E-state index in [9.17, 15) is 4.79 Å². The van der Waals surface area contributed by atoms with Crippen LogP contribution >= 0.6 is 11.5 Å². The van der Waals surface area contributed by atoms with Gasteiger partial charge in [-0.3, -0.25) is 4.79 Å². The molecule has 1 aromatic carbocycles. The number of aromatic nitrogens is 2. The van der Waals surface area contributed by atoms with Crippen molar-refractivity contribution in [2.24, 2.45) is 0 Å². The molecular formula is C13H8N2O2S. The number of nitrogens with zero attached hydrogens (tertiary/aromatic N) is 2. The minimum Gasteiger partial charge on any atom is -0.453 e. The standard InChI is InChI=1S/C13H8N2O2S/c16-7-11-5-6-13(17-11)10-3-1-9(2-4-10)12-8-18-15-14-12/h1-8H. The SMILES string of the molecule is O=Cc1ccc(-c2ccc(-c3csnn3)cc2)o1. The molecule has 3 aromatic rings. The summed E-state index contributed by atoms with van der Waals surface area (Å²) in [6.07, 6.45) is 0.693. The lowest BCUT2D eigenvalue weighted by atomic mass is 10.1. The molecule has 0 spiro atoms. The summed E-state index contributed by atoms with van der Waals surface area (Å²) in [6, 6.07) is 11.2. The molecule has 2 aromatic heterocycles. The van der Waals surface area contributed by atoms with Gasteiger partial charge in [0.2, 0.25) is 0 Å². The first-order valence-electron chi connectivity index (χ1n) is 5.30. The highest BCUT2D eigenvalue weighted by Gasteiger charge is 2.05. The number of aldehydes is 1. The van der Waals surface area contributed by atoms with Crippen molar-refractivity contribution in [1.29, 1.82) is 0 Å². The maximum atomic E-state index is 10.6. The van der Waals surface area contributed by atoms with Gasteiger partial charge in [0.1, 0.15) is 11.5 Å². The smallest absolute Gasteiger partial charge is 0.185 e. The number of furan rings is 1. The molecule has 0 amide bonds. The van der Waals surface area contributed by atoms with Gasteiger partial charge < -0.3 is 4.42 Å². The van der Waals surface area contributed by atoms with E-state index in [1.807, 2.05) is 29.6 Å². The largest absolute Gasteiger partial charge is 0.453 e. The highest BCUT2D eigenvalue weighted by Crippen LogP contribution is 2.25. The van der Waals surface area contributed by atoms with Gasteiger partial charge in [-0.05, 0) is 23.7 Å². The van der Waals surface area contributed by atoms with Crippen LogP contribution in [-0.2, 0) is 0 Å². The molecule has 5 heteroatoms. The fraction of sp³-hybridized carbons (Fsp3) is 0. The molecule has 0 atom stereocenters. The molecule has 0 unspecified atom stereocenters. The van der Waals surface area contributed by atoms with Crippen LogP contribution in [0.3, 0.4) is 0 Å². The summed E-state index contributed by atoms with van der Waals surface area (Å²) in [5.41, 5.74) is 2.80. The maximum absolute atomic E-state index is 10.6. The van der Waals surface area contributed by atoms with Gasteiger partial charge in [-0.25, -0.2) is 0 Å². The zero-order valence-corrected chi connectivity index (χ0v) is 10.1. The Morgan fingerprint density at radius 2 is 1.83 bits per heavy atom. The number of rotatable bonds is 3. The Hall–Kier alpha value is -2.27. The van der Waals surface area contributed by atoms with E-state index < -0.39 is 0 Å². The van der Waals surface area contributed by atoms with Crippen molar-refractivity contribution in [3.05, 3.63) is 47.5 Å². The van der Waals surface area contributed by atoms with E-state index in [0.717, 1.165) is 16.8 Å². The Morgan fingerprint density at radius 3 is 2.44 bits per heavy atom. The molecule has 88 valence electrons. The van der Waals surface area contributed by atoms with Crippen LogP contribution in [0.2, 0.25) is 0 Å². The van der Waals surface area contributed by atoms with Crippen LogP contribution in [0.25, 0.3) is 22.6 Å². The van der Waals surface area contributed by atoms with E-state index in [1.165, 1.54) is 11.5 Å². The van der Waals surface area contributed by atoms with Gasteiger partial charge >= 0.3 is 0 Å². The molecule has 0 aliphatic rings. The van der Waals surface area contributed by atoms with Gasteiger partial charge in [0.25, 0.3) is 0 Å². The molecule has 0 saturated carbocycles. The first-order chi connectivity index (χ1) is 8.86. The summed E-state index contributed by atoms with van der Waals surface area (Å²) in [5.74, 6) is 1.01. The van der Waals surface area contributed by atoms with Crippen LogP contribution in [0, 0.1) is 0 Å². The zero-order chi connectivity index (χ0) is 12.4. The van der Waals surface area contributed by atoms with Crippen LogP contribution in [0.4, 0.5) is 0 Å². The molecule has 4 nitrogen and oxygen atoms in total. The monoisotopic (exact) mass is 256 g/mol. The quantitative estimate of drug-likeness (QED) is 0.675. The van der Waals surface area contributed by atoms with Crippen LogP contribution in [-0.4, -0.2) is 15.9 Å². The number of hydrogen-bond donors (Lipinski definition) is 0.